The molecule has 0 spiro atoms. The van der Waals surface area contributed by atoms with Gasteiger partial charge in [0, 0.05) is 26.2 Å². The molecule has 0 aromatic rings. The Bertz CT molecular complexity index is 286. The Morgan fingerprint density at radius 3 is 2.50 bits per heavy atom. The van der Waals surface area contributed by atoms with E-state index in [9.17, 15) is 8.42 Å². The fourth-order valence-electron chi connectivity index (χ4n) is 2.17. The molecular weight excluding hydrogens is 228 g/mol. The molecular formula is C10H22N2O3S. The normalized spacial score (nSPS) is 18.4. The molecule has 96 valence electrons. The molecule has 1 aliphatic rings. The quantitative estimate of drug-likeness (QED) is 0.699. The van der Waals surface area contributed by atoms with Crippen LogP contribution in [0.4, 0.5) is 0 Å². The molecule has 6 heteroatoms. The number of methoxy groups -OCH3 is 1. The van der Waals surface area contributed by atoms with Crippen LogP contribution in [0, 0.1) is 0 Å². The molecule has 0 aliphatic heterocycles. The van der Waals surface area contributed by atoms with Crippen LogP contribution in [0.3, 0.4) is 0 Å². The minimum absolute atomic E-state index is 0.0556. The molecule has 1 fully saturated rings. The first-order chi connectivity index (χ1) is 7.61. The zero-order valence-electron chi connectivity index (χ0n) is 9.89. The van der Waals surface area contributed by atoms with E-state index in [1.54, 1.807) is 4.31 Å². The van der Waals surface area contributed by atoms with Crippen LogP contribution in [0.1, 0.15) is 25.7 Å². The third kappa shape index (κ3) is 3.69. The summed E-state index contributed by atoms with van der Waals surface area (Å²) in [5.41, 5.74) is 5.49. The van der Waals surface area contributed by atoms with Crippen molar-refractivity contribution in [3.05, 3.63) is 0 Å². The Kier molecular flexibility index (Phi) is 5.68. The minimum Gasteiger partial charge on any atom is -0.384 e. The number of sulfonamides is 1. The van der Waals surface area contributed by atoms with E-state index in [1.807, 2.05) is 0 Å². The van der Waals surface area contributed by atoms with E-state index in [-0.39, 0.29) is 18.4 Å². The summed E-state index contributed by atoms with van der Waals surface area (Å²) < 4.78 is 30.5. The molecule has 0 bridgehead atoms. The Balaban J connectivity index is 2.67. The molecule has 0 unspecified atom stereocenters. The number of nitrogens with two attached hydrogens (primary N) is 1. The molecule has 0 heterocycles. The van der Waals surface area contributed by atoms with Crippen LogP contribution in [-0.4, -0.2) is 51.3 Å². The van der Waals surface area contributed by atoms with Crippen LogP contribution in [0.2, 0.25) is 0 Å². The van der Waals surface area contributed by atoms with Crippen molar-refractivity contribution >= 4 is 10.0 Å². The van der Waals surface area contributed by atoms with Gasteiger partial charge in [0.25, 0.3) is 0 Å². The highest BCUT2D eigenvalue weighted by Gasteiger charge is 2.30. The SMILES string of the molecule is COCCS(=O)(=O)N(CCN)C1CCCC1. The molecule has 0 amide bonds. The van der Waals surface area contributed by atoms with Crippen LogP contribution in [0.25, 0.3) is 0 Å². The topological polar surface area (TPSA) is 72.6 Å². The van der Waals surface area contributed by atoms with E-state index in [0.29, 0.717) is 13.1 Å². The molecule has 16 heavy (non-hydrogen) atoms. The van der Waals surface area contributed by atoms with Crippen LogP contribution in [0.15, 0.2) is 0 Å². The maximum Gasteiger partial charge on any atom is 0.216 e. The lowest BCUT2D eigenvalue weighted by molar-refractivity contribution is 0.214. The molecule has 5 nitrogen and oxygen atoms in total. The first kappa shape index (κ1) is 13.9. The van der Waals surface area contributed by atoms with Crippen molar-refractivity contribution in [2.45, 2.75) is 31.7 Å². The van der Waals surface area contributed by atoms with Crippen molar-refractivity contribution in [2.24, 2.45) is 5.73 Å². The lowest BCUT2D eigenvalue weighted by atomic mass is 10.2. The Morgan fingerprint density at radius 2 is 2.00 bits per heavy atom. The van der Waals surface area contributed by atoms with Gasteiger partial charge in [0.15, 0.2) is 0 Å². The monoisotopic (exact) mass is 250 g/mol. The summed E-state index contributed by atoms with van der Waals surface area (Å²) in [6, 6.07) is 0.158. The summed E-state index contributed by atoms with van der Waals surface area (Å²) in [6.45, 7) is 1.05. The van der Waals surface area contributed by atoms with E-state index in [0.717, 1.165) is 25.7 Å². The van der Waals surface area contributed by atoms with Gasteiger partial charge in [-0.05, 0) is 12.8 Å². The van der Waals surface area contributed by atoms with E-state index >= 15 is 0 Å². The lowest BCUT2D eigenvalue weighted by Crippen LogP contribution is -2.43. The summed E-state index contributed by atoms with van der Waals surface area (Å²) in [7, 11) is -1.69. The number of hydrogen-bond acceptors (Lipinski definition) is 4. The van der Waals surface area contributed by atoms with Gasteiger partial charge in [-0.1, -0.05) is 12.8 Å². The van der Waals surface area contributed by atoms with Gasteiger partial charge in [0.05, 0.1) is 12.4 Å². The average Bonchev–Trinajstić information content (AvgIpc) is 2.76. The van der Waals surface area contributed by atoms with E-state index < -0.39 is 10.0 Å². The van der Waals surface area contributed by atoms with Crippen molar-refractivity contribution < 1.29 is 13.2 Å². The highest BCUT2D eigenvalue weighted by atomic mass is 32.2. The first-order valence-corrected chi connectivity index (χ1v) is 7.41. The molecule has 1 saturated carbocycles. The lowest BCUT2D eigenvalue weighted by Gasteiger charge is -2.27. The van der Waals surface area contributed by atoms with Crippen molar-refractivity contribution in [2.75, 3.05) is 32.6 Å². The molecule has 1 rings (SSSR count). The average molecular weight is 250 g/mol. The summed E-state index contributed by atoms with van der Waals surface area (Å²) >= 11 is 0. The smallest absolute Gasteiger partial charge is 0.216 e. The van der Waals surface area contributed by atoms with Crippen molar-refractivity contribution in [1.29, 1.82) is 0 Å². The summed E-state index contributed by atoms with van der Waals surface area (Å²) in [4.78, 5) is 0. The Morgan fingerprint density at radius 1 is 1.38 bits per heavy atom. The Hall–Kier alpha value is -0.170. The second-order valence-corrected chi connectivity index (χ2v) is 6.19. The molecule has 0 saturated heterocycles. The zero-order chi connectivity index (χ0) is 12.0. The first-order valence-electron chi connectivity index (χ1n) is 5.80. The molecule has 0 atom stereocenters. The highest BCUT2D eigenvalue weighted by Crippen LogP contribution is 2.25. The number of ether oxygens (including phenoxy) is 1. The van der Waals surface area contributed by atoms with Crippen LogP contribution in [-0.2, 0) is 14.8 Å². The Labute approximate surface area is 98.0 Å². The standard InChI is InChI=1S/C10H22N2O3S/c1-15-8-9-16(13,14)12(7-6-11)10-4-2-3-5-10/h10H,2-9,11H2,1H3. The van der Waals surface area contributed by atoms with Gasteiger partial charge in [-0.2, -0.15) is 4.31 Å². The van der Waals surface area contributed by atoms with Gasteiger partial charge in [-0.15, -0.1) is 0 Å². The number of rotatable bonds is 7. The fraction of sp³-hybridized carbons (Fsp3) is 1.00. The van der Waals surface area contributed by atoms with Gasteiger partial charge < -0.3 is 10.5 Å². The van der Waals surface area contributed by atoms with Crippen LogP contribution in [0.5, 0.6) is 0 Å². The highest BCUT2D eigenvalue weighted by molar-refractivity contribution is 7.89. The molecule has 2 N–H and O–H groups in total. The number of nitrogens with zero attached hydrogens (tertiary/aromatic N) is 1. The molecule has 0 radical (unpaired) electrons. The third-order valence-electron chi connectivity index (χ3n) is 2.98. The second kappa shape index (κ2) is 6.54. The predicted octanol–water partition coefficient (Wildman–Crippen LogP) is 0.166. The van der Waals surface area contributed by atoms with Gasteiger partial charge in [0.2, 0.25) is 10.0 Å². The van der Waals surface area contributed by atoms with E-state index in [4.69, 9.17) is 10.5 Å². The van der Waals surface area contributed by atoms with Crippen LogP contribution >= 0.6 is 0 Å². The van der Waals surface area contributed by atoms with Gasteiger partial charge in [0.1, 0.15) is 0 Å². The minimum atomic E-state index is -3.20. The van der Waals surface area contributed by atoms with Gasteiger partial charge in [-0.3, -0.25) is 0 Å². The fourth-order valence-corrected chi connectivity index (χ4v) is 3.83. The predicted molar refractivity (Wildman–Crippen MR) is 63.7 cm³/mol. The van der Waals surface area contributed by atoms with Gasteiger partial charge in [-0.25, -0.2) is 8.42 Å². The largest absolute Gasteiger partial charge is 0.384 e. The maximum atomic E-state index is 12.1. The zero-order valence-corrected chi connectivity index (χ0v) is 10.7. The summed E-state index contributed by atoms with van der Waals surface area (Å²) in [6.07, 6.45) is 4.16. The van der Waals surface area contributed by atoms with Crippen molar-refractivity contribution in [1.82, 2.24) is 4.31 Å². The molecule has 0 aromatic heterocycles. The third-order valence-corrected chi connectivity index (χ3v) is 4.86. The van der Waals surface area contributed by atoms with Crippen LogP contribution < -0.4 is 5.73 Å². The summed E-state index contributed by atoms with van der Waals surface area (Å²) in [5, 5.41) is 0. The maximum absolute atomic E-state index is 12.1. The molecule has 0 aromatic carbocycles. The van der Waals surface area contributed by atoms with Gasteiger partial charge >= 0.3 is 0 Å². The van der Waals surface area contributed by atoms with E-state index in [2.05, 4.69) is 0 Å². The number of hydrogen-bond donors (Lipinski definition) is 1. The summed E-state index contributed by atoms with van der Waals surface area (Å²) in [5.74, 6) is 0.0556. The second-order valence-electron chi connectivity index (χ2n) is 4.15. The van der Waals surface area contributed by atoms with Crippen molar-refractivity contribution in [3.8, 4) is 0 Å². The molecule has 1 aliphatic carbocycles. The van der Waals surface area contributed by atoms with Crippen molar-refractivity contribution in [3.63, 3.8) is 0 Å². The van der Waals surface area contributed by atoms with E-state index in [1.165, 1.54) is 7.11 Å².